The second-order valence-electron chi connectivity index (χ2n) is 8.37. The van der Waals surface area contributed by atoms with E-state index < -0.39 is 0 Å². The Morgan fingerprint density at radius 3 is 2.07 bits per heavy atom. The Bertz CT molecular complexity index is 982. The number of benzene rings is 3. The Hall–Kier alpha value is -2.80. The summed E-state index contributed by atoms with van der Waals surface area (Å²) in [6, 6.07) is 27.5. The van der Waals surface area contributed by atoms with Crippen LogP contribution in [0.15, 0.2) is 79.4 Å². The van der Waals surface area contributed by atoms with Gasteiger partial charge in [-0.15, -0.1) is 0 Å². The second-order valence-corrected chi connectivity index (χ2v) is 8.37. The molecule has 0 aliphatic carbocycles. The summed E-state index contributed by atoms with van der Waals surface area (Å²) in [5, 5.41) is 0. The zero-order chi connectivity index (χ0) is 20.9. The number of hydrogen-bond donors (Lipinski definition) is 0. The van der Waals surface area contributed by atoms with Gasteiger partial charge in [0.05, 0.1) is 6.04 Å². The highest BCUT2D eigenvalue weighted by atomic mass is 15.2. The van der Waals surface area contributed by atoms with Gasteiger partial charge in [-0.3, -0.25) is 0 Å². The lowest BCUT2D eigenvalue weighted by molar-refractivity contribution is 0.279. The Labute approximate surface area is 182 Å². The molecule has 1 heterocycles. The van der Waals surface area contributed by atoms with Gasteiger partial charge in [-0.1, -0.05) is 93.2 Å². The molecule has 3 aromatic rings. The zero-order valence-corrected chi connectivity index (χ0v) is 18.4. The van der Waals surface area contributed by atoms with Crippen molar-refractivity contribution in [2.24, 2.45) is 0 Å². The molecule has 0 radical (unpaired) electrons. The Morgan fingerprint density at radius 1 is 0.800 bits per heavy atom. The highest BCUT2D eigenvalue weighted by Crippen LogP contribution is 2.37. The maximum absolute atomic E-state index is 4.52. The van der Waals surface area contributed by atoms with Crippen LogP contribution in [0.2, 0.25) is 0 Å². The fraction of sp³-hybridized carbons (Fsp3) is 0.310. The monoisotopic (exact) mass is 395 g/mol. The van der Waals surface area contributed by atoms with Crippen LogP contribution in [-0.4, -0.2) is 11.4 Å². The summed E-state index contributed by atoms with van der Waals surface area (Å²) in [6.45, 7) is 9.98. The highest BCUT2D eigenvalue weighted by molar-refractivity contribution is 5.67. The van der Waals surface area contributed by atoms with Gasteiger partial charge in [-0.05, 0) is 59.9 Å². The zero-order valence-electron chi connectivity index (χ0n) is 18.4. The van der Waals surface area contributed by atoms with Crippen molar-refractivity contribution < 1.29 is 0 Å². The lowest BCUT2D eigenvalue weighted by Gasteiger charge is -2.39. The van der Waals surface area contributed by atoms with Crippen molar-refractivity contribution in [1.82, 2.24) is 4.90 Å². The van der Waals surface area contributed by atoms with Crippen LogP contribution in [0.5, 0.6) is 0 Å². The molecule has 1 aliphatic rings. The molecule has 0 amide bonds. The largest absolute Gasteiger partial charge is 0.364 e. The quantitative estimate of drug-likeness (QED) is 0.416. The lowest BCUT2D eigenvalue weighted by atomic mass is 9.91. The van der Waals surface area contributed by atoms with Gasteiger partial charge < -0.3 is 4.90 Å². The van der Waals surface area contributed by atoms with Gasteiger partial charge in [-0.2, -0.15) is 0 Å². The second kappa shape index (κ2) is 9.34. The van der Waals surface area contributed by atoms with Crippen LogP contribution in [0.3, 0.4) is 0 Å². The summed E-state index contributed by atoms with van der Waals surface area (Å²) in [7, 11) is 0. The average Bonchev–Trinajstić information content (AvgIpc) is 2.81. The number of rotatable bonds is 7. The first kappa shape index (κ1) is 20.5. The van der Waals surface area contributed by atoms with Gasteiger partial charge in [0, 0.05) is 17.8 Å². The average molecular weight is 396 g/mol. The molecule has 1 nitrogen and oxygen atoms in total. The normalized spacial score (nSPS) is 14.5. The summed E-state index contributed by atoms with van der Waals surface area (Å²) in [4.78, 5) is 2.55. The summed E-state index contributed by atoms with van der Waals surface area (Å²) in [5.74, 6) is 0. The molecule has 0 aromatic heterocycles. The van der Waals surface area contributed by atoms with Crippen LogP contribution in [-0.2, 0) is 25.7 Å². The summed E-state index contributed by atoms with van der Waals surface area (Å²) >= 11 is 0. The van der Waals surface area contributed by atoms with Gasteiger partial charge in [0.25, 0.3) is 0 Å². The first-order valence-corrected chi connectivity index (χ1v) is 11.4. The van der Waals surface area contributed by atoms with Crippen LogP contribution in [0.25, 0.3) is 5.70 Å². The number of aryl methyl sites for hydroxylation is 3. The van der Waals surface area contributed by atoms with Crippen LogP contribution >= 0.6 is 0 Å². The predicted octanol–water partition coefficient (Wildman–Crippen LogP) is 7.01. The van der Waals surface area contributed by atoms with Gasteiger partial charge in [0.1, 0.15) is 0 Å². The van der Waals surface area contributed by atoms with E-state index in [-0.39, 0.29) is 0 Å². The van der Waals surface area contributed by atoms with Crippen molar-refractivity contribution in [3.8, 4) is 0 Å². The standard InChI is InChI=1S/C29H33N/c1-4-23-10-12-25(13-11-23)16-19-29(27-17-14-24(5-2)15-18-27)30-21-20-26-8-6-7-9-28(26)22(30)3/h6-15,17-18,29H,3-5,16,19-21H2,1-2H3. The number of hydrogen-bond acceptors (Lipinski definition) is 1. The Balaban J connectivity index is 1.60. The molecule has 0 saturated heterocycles. The molecule has 0 fully saturated rings. The summed E-state index contributed by atoms with van der Waals surface area (Å²) < 4.78 is 0. The number of nitrogens with zero attached hydrogens (tertiary/aromatic N) is 1. The van der Waals surface area contributed by atoms with Gasteiger partial charge in [0.15, 0.2) is 0 Å². The first-order chi connectivity index (χ1) is 14.7. The smallest absolute Gasteiger partial charge is 0.0545 e. The molecular formula is C29H33N. The van der Waals surface area contributed by atoms with E-state index in [9.17, 15) is 0 Å². The molecule has 1 unspecified atom stereocenters. The maximum Gasteiger partial charge on any atom is 0.0545 e. The van der Waals surface area contributed by atoms with E-state index in [2.05, 4.69) is 98.1 Å². The molecule has 1 aliphatic heterocycles. The van der Waals surface area contributed by atoms with E-state index in [1.807, 2.05) is 0 Å². The third-order valence-corrected chi connectivity index (χ3v) is 6.58. The SMILES string of the molecule is C=C1c2ccccc2CCN1C(CCc1ccc(CC)cc1)c1ccc(CC)cc1. The van der Waals surface area contributed by atoms with E-state index in [0.717, 1.165) is 38.6 Å². The van der Waals surface area contributed by atoms with E-state index in [4.69, 9.17) is 0 Å². The summed E-state index contributed by atoms with van der Waals surface area (Å²) in [6.07, 6.45) is 5.44. The molecular weight excluding hydrogens is 362 g/mol. The van der Waals surface area contributed by atoms with Crippen molar-refractivity contribution in [3.05, 3.63) is 113 Å². The maximum atomic E-state index is 4.52. The third kappa shape index (κ3) is 4.36. The van der Waals surface area contributed by atoms with Crippen molar-refractivity contribution >= 4 is 5.70 Å². The minimum Gasteiger partial charge on any atom is -0.364 e. The van der Waals surface area contributed by atoms with E-state index in [0.29, 0.717) is 6.04 Å². The highest BCUT2D eigenvalue weighted by Gasteiger charge is 2.26. The van der Waals surface area contributed by atoms with Crippen LogP contribution in [0.4, 0.5) is 0 Å². The predicted molar refractivity (Wildman–Crippen MR) is 129 cm³/mol. The lowest BCUT2D eigenvalue weighted by Crippen LogP contribution is -2.33. The molecule has 0 spiro atoms. The third-order valence-electron chi connectivity index (χ3n) is 6.58. The Morgan fingerprint density at radius 2 is 1.40 bits per heavy atom. The fourth-order valence-corrected chi connectivity index (χ4v) is 4.62. The molecule has 1 heteroatoms. The van der Waals surface area contributed by atoms with Crippen LogP contribution in [0.1, 0.15) is 59.7 Å². The van der Waals surface area contributed by atoms with E-state index in [1.54, 1.807) is 0 Å². The van der Waals surface area contributed by atoms with E-state index >= 15 is 0 Å². The summed E-state index contributed by atoms with van der Waals surface area (Å²) in [5.41, 5.74) is 9.54. The first-order valence-electron chi connectivity index (χ1n) is 11.4. The minimum absolute atomic E-state index is 0.350. The van der Waals surface area contributed by atoms with E-state index in [1.165, 1.54) is 39.1 Å². The fourth-order valence-electron chi connectivity index (χ4n) is 4.62. The van der Waals surface area contributed by atoms with Crippen LogP contribution in [0, 0.1) is 0 Å². The molecule has 1 atom stereocenters. The molecule has 30 heavy (non-hydrogen) atoms. The van der Waals surface area contributed by atoms with Gasteiger partial charge in [-0.25, -0.2) is 0 Å². The number of fused-ring (bicyclic) bond motifs is 1. The van der Waals surface area contributed by atoms with Crippen molar-refractivity contribution in [1.29, 1.82) is 0 Å². The van der Waals surface area contributed by atoms with Crippen LogP contribution < -0.4 is 0 Å². The molecule has 0 bridgehead atoms. The van der Waals surface area contributed by atoms with Crippen molar-refractivity contribution in [2.75, 3.05) is 6.54 Å². The van der Waals surface area contributed by atoms with Gasteiger partial charge >= 0.3 is 0 Å². The van der Waals surface area contributed by atoms with Gasteiger partial charge in [0.2, 0.25) is 0 Å². The molecule has 4 rings (SSSR count). The molecule has 0 N–H and O–H groups in total. The minimum atomic E-state index is 0.350. The van der Waals surface area contributed by atoms with Crippen molar-refractivity contribution in [3.63, 3.8) is 0 Å². The molecule has 154 valence electrons. The molecule has 0 saturated carbocycles. The Kier molecular flexibility index (Phi) is 6.38. The molecule has 3 aromatic carbocycles. The van der Waals surface area contributed by atoms with Crippen molar-refractivity contribution in [2.45, 2.75) is 52.0 Å². The topological polar surface area (TPSA) is 3.24 Å².